The summed E-state index contributed by atoms with van der Waals surface area (Å²) in [5, 5.41) is 5.49. The number of allylic oxidation sites excluding steroid dienone is 2. The molecule has 21 heavy (non-hydrogen) atoms. The summed E-state index contributed by atoms with van der Waals surface area (Å²) in [5.41, 5.74) is 2.24. The highest BCUT2D eigenvalue weighted by molar-refractivity contribution is 6.05. The first-order valence-corrected chi connectivity index (χ1v) is 7.29. The van der Waals surface area contributed by atoms with E-state index in [4.69, 9.17) is 0 Å². The molecular formula is C17H20N2O2. The lowest BCUT2D eigenvalue weighted by Crippen LogP contribution is -2.56. The standard InChI is InChI=1S/C17H20N2O2/c1-10-12-9-13(17(12,2)3)15(20)14(10)19-16(21)18-11-7-5-4-6-8-11/h4-8,12-13H,9H2,1-3H3,(H2,18,19,21)/t12-,13-/m1/s1. The van der Waals surface area contributed by atoms with Crippen LogP contribution in [0.2, 0.25) is 0 Å². The minimum atomic E-state index is -0.358. The van der Waals surface area contributed by atoms with Crippen molar-refractivity contribution in [3.63, 3.8) is 0 Å². The highest BCUT2D eigenvalue weighted by Gasteiger charge is 2.57. The van der Waals surface area contributed by atoms with Crippen LogP contribution in [0.3, 0.4) is 0 Å². The van der Waals surface area contributed by atoms with Gasteiger partial charge in [-0.25, -0.2) is 4.79 Å². The van der Waals surface area contributed by atoms with Crippen LogP contribution in [0.25, 0.3) is 0 Å². The minimum Gasteiger partial charge on any atom is -0.308 e. The lowest BCUT2D eigenvalue weighted by molar-refractivity contribution is -0.135. The molecule has 0 unspecified atom stereocenters. The number of benzene rings is 1. The van der Waals surface area contributed by atoms with Crippen molar-refractivity contribution in [1.29, 1.82) is 0 Å². The van der Waals surface area contributed by atoms with Gasteiger partial charge in [-0.15, -0.1) is 0 Å². The third kappa shape index (κ3) is 2.15. The molecular weight excluding hydrogens is 264 g/mol. The summed E-state index contributed by atoms with van der Waals surface area (Å²) in [6.07, 6.45) is 0.920. The number of Topliss-reactive ketones (excluding diaryl/α,β-unsaturated/α-hetero) is 1. The molecule has 1 fully saturated rings. The zero-order chi connectivity index (χ0) is 15.2. The van der Waals surface area contributed by atoms with Crippen molar-refractivity contribution in [3.8, 4) is 0 Å². The van der Waals surface area contributed by atoms with Gasteiger partial charge in [-0.05, 0) is 42.4 Å². The molecule has 0 aromatic heterocycles. The maximum atomic E-state index is 12.5. The molecule has 110 valence electrons. The van der Waals surface area contributed by atoms with Crippen LogP contribution in [-0.4, -0.2) is 11.8 Å². The normalized spacial score (nSPS) is 26.1. The van der Waals surface area contributed by atoms with Gasteiger partial charge in [0.25, 0.3) is 0 Å². The molecule has 0 aliphatic heterocycles. The molecule has 1 aromatic carbocycles. The Labute approximate surface area is 124 Å². The fourth-order valence-corrected chi connectivity index (χ4v) is 3.61. The first-order valence-electron chi connectivity index (χ1n) is 7.29. The van der Waals surface area contributed by atoms with Gasteiger partial charge < -0.3 is 10.6 Å². The van der Waals surface area contributed by atoms with E-state index in [2.05, 4.69) is 24.5 Å². The molecule has 3 aliphatic rings. The average molecular weight is 284 g/mol. The average Bonchev–Trinajstić information content (AvgIpc) is 2.43. The summed E-state index contributed by atoms with van der Waals surface area (Å²) in [6.45, 7) is 6.22. The lowest BCUT2D eigenvalue weighted by Gasteiger charge is -2.55. The van der Waals surface area contributed by atoms with E-state index in [-0.39, 0.29) is 23.1 Å². The number of urea groups is 1. The highest BCUT2D eigenvalue weighted by atomic mass is 16.2. The van der Waals surface area contributed by atoms with Crippen LogP contribution in [0.5, 0.6) is 0 Å². The first-order chi connectivity index (χ1) is 9.91. The van der Waals surface area contributed by atoms with Gasteiger partial charge in [0.05, 0.1) is 5.70 Å². The van der Waals surface area contributed by atoms with Crippen LogP contribution in [0.15, 0.2) is 41.6 Å². The van der Waals surface area contributed by atoms with E-state index in [1.165, 1.54) is 0 Å². The molecule has 2 bridgehead atoms. The van der Waals surface area contributed by atoms with Crippen molar-refractivity contribution >= 4 is 17.5 Å². The number of amides is 2. The highest BCUT2D eigenvalue weighted by Crippen LogP contribution is 2.58. The number of para-hydroxylation sites is 1. The summed E-state index contributed by atoms with van der Waals surface area (Å²) >= 11 is 0. The Hall–Kier alpha value is -2.10. The van der Waals surface area contributed by atoms with Crippen molar-refractivity contribution < 1.29 is 9.59 Å². The predicted molar refractivity (Wildman–Crippen MR) is 81.7 cm³/mol. The monoisotopic (exact) mass is 284 g/mol. The Morgan fingerprint density at radius 2 is 1.81 bits per heavy atom. The Kier molecular flexibility index (Phi) is 3.12. The third-order valence-electron chi connectivity index (χ3n) is 5.02. The van der Waals surface area contributed by atoms with Crippen molar-refractivity contribution in [2.24, 2.45) is 17.3 Å². The van der Waals surface area contributed by atoms with Crippen LogP contribution in [-0.2, 0) is 4.79 Å². The summed E-state index contributed by atoms with van der Waals surface area (Å²) in [5.74, 6) is 0.508. The van der Waals surface area contributed by atoms with Crippen molar-refractivity contribution in [3.05, 3.63) is 41.6 Å². The predicted octanol–water partition coefficient (Wildman–Crippen LogP) is 3.33. The van der Waals surface area contributed by atoms with Gasteiger partial charge in [0.2, 0.25) is 0 Å². The van der Waals surface area contributed by atoms with Gasteiger partial charge in [0.15, 0.2) is 5.78 Å². The van der Waals surface area contributed by atoms with E-state index in [0.717, 1.165) is 12.0 Å². The second-order valence-corrected chi connectivity index (χ2v) is 6.53. The molecule has 2 atom stereocenters. The molecule has 4 rings (SSSR count). The molecule has 0 radical (unpaired) electrons. The Morgan fingerprint density at radius 3 is 2.38 bits per heavy atom. The van der Waals surface area contributed by atoms with Crippen molar-refractivity contribution in [2.45, 2.75) is 27.2 Å². The summed E-state index contributed by atoms with van der Waals surface area (Å²) < 4.78 is 0. The molecule has 2 N–H and O–H groups in total. The quantitative estimate of drug-likeness (QED) is 0.875. The molecule has 4 nitrogen and oxygen atoms in total. The zero-order valence-corrected chi connectivity index (χ0v) is 12.6. The van der Waals surface area contributed by atoms with Gasteiger partial charge in [-0.1, -0.05) is 32.0 Å². The second-order valence-electron chi connectivity index (χ2n) is 6.53. The van der Waals surface area contributed by atoms with Crippen LogP contribution in [0.1, 0.15) is 27.2 Å². The van der Waals surface area contributed by atoms with Crippen LogP contribution < -0.4 is 10.6 Å². The topological polar surface area (TPSA) is 58.2 Å². The van der Waals surface area contributed by atoms with E-state index in [1.807, 2.05) is 37.3 Å². The number of rotatable bonds is 2. The maximum Gasteiger partial charge on any atom is 0.323 e. The molecule has 4 heteroatoms. The number of nitrogens with one attached hydrogen (secondary N) is 2. The SMILES string of the molecule is CC1=C(NC(=O)Nc2ccccc2)C(=O)[C@H]2C[C@H]1C2(C)C. The fraction of sp³-hybridized carbons (Fsp3) is 0.412. The zero-order valence-electron chi connectivity index (χ0n) is 12.6. The van der Waals surface area contributed by atoms with E-state index in [1.54, 1.807) is 0 Å². The molecule has 0 heterocycles. The van der Waals surface area contributed by atoms with E-state index in [9.17, 15) is 9.59 Å². The van der Waals surface area contributed by atoms with Crippen LogP contribution in [0, 0.1) is 17.3 Å². The van der Waals surface area contributed by atoms with Crippen LogP contribution >= 0.6 is 0 Å². The van der Waals surface area contributed by atoms with Gasteiger partial charge in [0.1, 0.15) is 0 Å². The van der Waals surface area contributed by atoms with Crippen molar-refractivity contribution in [2.75, 3.05) is 5.32 Å². The number of hydrogen-bond donors (Lipinski definition) is 2. The number of fused-ring (bicyclic) bond motifs is 1. The summed E-state index contributed by atoms with van der Waals surface area (Å²) in [7, 11) is 0. The molecule has 0 saturated heterocycles. The fourth-order valence-electron chi connectivity index (χ4n) is 3.61. The minimum absolute atomic E-state index is 0.0300. The lowest BCUT2D eigenvalue weighted by atomic mass is 9.48. The molecule has 0 spiro atoms. The Balaban J connectivity index is 1.75. The van der Waals surface area contributed by atoms with E-state index < -0.39 is 0 Å². The van der Waals surface area contributed by atoms with Crippen molar-refractivity contribution in [1.82, 2.24) is 5.32 Å². The third-order valence-corrected chi connectivity index (χ3v) is 5.02. The molecule has 1 saturated carbocycles. The molecule has 3 aliphatic carbocycles. The van der Waals surface area contributed by atoms with Gasteiger partial charge in [-0.2, -0.15) is 0 Å². The number of carbonyl (C=O) groups excluding carboxylic acids is 2. The summed E-state index contributed by atoms with van der Waals surface area (Å²) in [4.78, 5) is 24.5. The Bertz CT molecular complexity index is 631. The summed E-state index contributed by atoms with van der Waals surface area (Å²) in [6, 6.07) is 8.85. The largest absolute Gasteiger partial charge is 0.323 e. The maximum absolute atomic E-state index is 12.5. The van der Waals surface area contributed by atoms with Gasteiger partial charge in [0, 0.05) is 11.6 Å². The number of ketones is 1. The Morgan fingerprint density at radius 1 is 1.14 bits per heavy atom. The molecule has 2 amide bonds. The number of anilines is 1. The number of hydrogen-bond acceptors (Lipinski definition) is 2. The van der Waals surface area contributed by atoms with E-state index in [0.29, 0.717) is 17.3 Å². The van der Waals surface area contributed by atoms with Crippen LogP contribution in [0.4, 0.5) is 10.5 Å². The second kappa shape index (κ2) is 4.72. The molecule has 1 aromatic rings. The van der Waals surface area contributed by atoms with Gasteiger partial charge in [-0.3, -0.25) is 4.79 Å². The first kappa shape index (κ1) is 13.9. The smallest absolute Gasteiger partial charge is 0.308 e. The van der Waals surface area contributed by atoms with E-state index >= 15 is 0 Å². The number of carbonyl (C=O) groups is 2. The van der Waals surface area contributed by atoms with Gasteiger partial charge >= 0.3 is 6.03 Å².